The first kappa shape index (κ1) is 12.9. The molecule has 0 bridgehead atoms. The van der Waals surface area contributed by atoms with E-state index in [0.717, 1.165) is 33.2 Å². The zero-order valence-corrected chi connectivity index (χ0v) is 13.3. The van der Waals surface area contributed by atoms with Gasteiger partial charge in [0.05, 0.1) is 11.4 Å². The molecule has 0 aromatic heterocycles. The van der Waals surface area contributed by atoms with Gasteiger partial charge in [-0.05, 0) is 54.8 Å². The van der Waals surface area contributed by atoms with Crippen molar-refractivity contribution in [2.45, 2.75) is 12.8 Å². The number of nitrogens with one attached hydrogen (secondary N) is 1. The van der Waals surface area contributed by atoms with E-state index in [1.165, 1.54) is 11.1 Å². The van der Waals surface area contributed by atoms with Gasteiger partial charge in [-0.25, -0.2) is 0 Å². The van der Waals surface area contributed by atoms with Crippen molar-refractivity contribution >= 4 is 43.3 Å². The van der Waals surface area contributed by atoms with Gasteiger partial charge < -0.3 is 0 Å². The third-order valence-corrected chi connectivity index (χ3v) is 4.20. The van der Waals surface area contributed by atoms with Gasteiger partial charge in [-0.3, -0.25) is 5.43 Å². The van der Waals surface area contributed by atoms with Crippen LogP contribution in [0.25, 0.3) is 0 Å². The molecular formula is C15H12Br2N2. The van der Waals surface area contributed by atoms with Crippen LogP contribution in [0.15, 0.2) is 56.5 Å². The average Bonchev–Trinajstić information content (AvgIpc) is 2.80. The molecule has 3 rings (SSSR count). The third-order valence-electron chi connectivity index (χ3n) is 3.17. The molecule has 0 radical (unpaired) electrons. The van der Waals surface area contributed by atoms with Crippen molar-refractivity contribution in [3.63, 3.8) is 0 Å². The van der Waals surface area contributed by atoms with Crippen LogP contribution in [0.4, 0.5) is 5.69 Å². The van der Waals surface area contributed by atoms with Crippen LogP contribution < -0.4 is 5.43 Å². The van der Waals surface area contributed by atoms with Gasteiger partial charge in [-0.15, -0.1) is 0 Å². The number of hydrogen-bond donors (Lipinski definition) is 1. The van der Waals surface area contributed by atoms with Crippen molar-refractivity contribution in [1.29, 1.82) is 0 Å². The Balaban J connectivity index is 1.81. The fourth-order valence-electron chi connectivity index (χ4n) is 2.21. The summed E-state index contributed by atoms with van der Waals surface area (Å²) >= 11 is 6.93. The van der Waals surface area contributed by atoms with E-state index in [-0.39, 0.29) is 0 Å². The van der Waals surface area contributed by atoms with Crippen molar-refractivity contribution in [1.82, 2.24) is 0 Å². The Morgan fingerprint density at radius 2 is 1.63 bits per heavy atom. The summed E-state index contributed by atoms with van der Waals surface area (Å²) in [6.07, 6.45) is 2.06. The van der Waals surface area contributed by atoms with Crippen molar-refractivity contribution in [3.8, 4) is 0 Å². The molecule has 19 heavy (non-hydrogen) atoms. The van der Waals surface area contributed by atoms with Gasteiger partial charge in [-0.2, -0.15) is 5.10 Å². The predicted octanol–water partition coefficient (Wildman–Crippen LogP) is 4.97. The molecule has 4 heteroatoms. The summed E-state index contributed by atoms with van der Waals surface area (Å²) in [5, 5.41) is 4.53. The van der Waals surface area contributed by atoms with Crippen molar-refractivity contribution in [2.24, 2.45) is 5.10 Å². The molecule has 0 aliphatic heterocycles. The number of hydrazone groups is 1. The molecule has 1 aliphatic rings. The molecule has 0 amide bonds. The first-order valence-electron chi connectivity index (χ1n) is 6.09. The van der Waals surface area contributed by atoms with Crippen LogP contribution >= 0.6 is 31.9 Å². The second kappa shape index (κ2) is 5.47. The first-order chi connectivity index (χ1) is 9.22. The average molecular weight is 380 g/mol. The summed E-state index contributed by atoms with van der Waals surface area (Å²) in [5.74, 6) is 0. The van der Waals surface area contributed by atoms with Gasteiger partial charge in [-0.1, -0.05) is 37.9 Å². The van der Waals surface area contributed by atoms with Gasteiger partial charge in [0.25, 0.3) is 0 Å². The number of hydrogen-bond acceptors (Lipinski definition) is 2. The largest absolute Gasteiger partial charge is 0.278 e. The van der Waals surface area contributed by atoms with Crippen molar-refractivity contribution in [3.05, 3.63) is 62.5 Å². The molecule has 0 unspecified atom stereocenters. The maximum atomic E-state index is 4.53. The summed E-state index contributed by atoms with van der Waals surface area (Å²) in [6.45, 7) is 0. The highest BCUT2D eigenvalue weighted by Gasteiger charge is 2.17. The summed E-state index contributed by atoms with van der Waals surface area (Å²) in [4.78, 5) is 0. The lowest BCUT2D eigenvalue weighted by atomic mass is 10.1. The van der Waals surface area contributed by atoms with E-state index in [1.807, 2.05) is 24.3 Å². The highest BCUT2D eigenvalue weighted by molar-refractivity contribution is 9.10. The number of rotatable bonds is 2. The van der Waals surface area contributed by atoms with E-state index in [1.54, 1.807) is 0 Å². The summed E-state index contributed by atoms with van der Waals surface area (Å²) in [7, 11) is 0. The number of halogens is 2. The lowest BCUT2D eigenvalue weighted by Gasteiger charge is -2.03. The summed E-state index contributed by atoms with van der Waals surface area (Å²) in [6, 6.07) is 14.4. The molecule has 2 aromatic rings. The van der Waals surface area contributed by atoms with Crippen molar-refractivity contribution in [2.75, 3.05) is 5.43 Å². The Kier molecular flexibility index (Phi) is 3.71. The molecule has 0 fully saturated rings. The Labute approximate surface area is 129 Å². The van der Waals surface area contributed by atoms with E-state index in [4.69, 9.17) is 0 Å². The second-order valence-electron chi connectivity index (χ2n) is 4.48. The van der Waals surface area contributed by atoms with Gasteiger partial charge in [0, 0.05) is 14.5 Å². The van der Waals surface area contributed by atoms with E-state index in [2.05, 4.69) is 60.6 Å². The second-order valence-corrected chi connectivity index (χ2v) is 6.31. The number of fused-ring (bicyclic) bond motifs is 1. The van der Waals surface area contributed by atoms with Crippen LogP contribution in [-0.2, 0) is 6.42 Å². The molecule has 0 saturated carbocycles. The van der Waals surface area contributed by atoms with Gasteiger partial charge in [0.1, 0.15) is 0 Å². The normalized spacial score (nSPS) is 15.6. The van der Waals surface area contributed by atoms with Crippen LogP contribution in [0.5, 0.6) is 0 Å². The van der Waals surface area contributed by atoms with E-state index >= 15 is 0 Å². The lowest BCUT2D eigenvalue weighted by Crippen LogP contribution is -1.99. The fourth-order valence-corrected chi connectivity index (χ4v) is 2.88. The van der Waals surface area contributed by atoms with Crippen LogP contribution in [0.2, 0.25) is 0 Å². The summed E-state index contributed by atoms with van der Waals surface area (Å²) < 4.78 is 2.20. The SMILES string of the molecule is Brc1ccc(N/N=C2\CCc3cc(Br)ccc32)cc1. The van der Waals surface area contributed by atoms with E-state index < -0.39 is 0 Å². The Morgan fingerprint density at radius 1 is 0.895 bits per heavy atom. The molecule has 1 aliphatic carbocycles. The quantitative estimate of drug-likeness (QED) is 0.731. The minimum Gasteiger partial charge on any atom is -0.278 e. The lowest BCUT2D eigenvalue weighted by molar-refractivity contribution is 1.09. The van der Waals surface area contributed by atoms with E-state index in [0.29, 0.717) is 0 Å². The molecule has 0 saturated heterocycles. The summed E-state index contributed by atoms with van der Waals surface area (Å²) in [5.41, 5.74) is 7.88. The molecule has 2 nitrogen and oxygen atoms in total. The number of aryl methyl sites for hydroxylation is 1. The number of benzene rings is 2. The Morgan fingerprint density at radius 3 is 2.42 bits per heavy atom. The molecule has 0 spiro atoms. The van der Waals surface area contributed by atoms with Gasteiger partial charge in [0.15, 0.2) is 0 Å². The minimum atomic E-state index is 0.995. The standard InChI is InChI=1S/C15H12Br2N2/c16-11-2-5-13(6-3-11)18-19-15-8-1-10-9-12(17)4-7-14(10)15/h2-7,9,18H,1,8H2/b19-15+. The van der Waals surface area contributed by atoms with Crippen LogP contribution in [-0.4, -0.2) is 5.71 Å². The third kappa shape index (κ3) is 2.90. The van der Waals surface area contributed by atoms with Crippen molar-refractivity contribution < 1.29 is 0 Å². The van der Waals surface area contributed by atoms with Gasteiger partial charge in [0.2, 0.25) is 0 Å². The monoisotopic (exact) mass is 378 g/mol. The molecule has 0 atom stereocenters. The molecule has 0 heterocycles. The maximum Gasteiger partial charge on any atom is 0.0685 e. The highest BCUT2D eigenvalue weighted by atomic mass is 79.9. The zero-order valence-electron chi connectivity index (χ0n) is 10.2. The minimum absolute atomic E-state index is 0.995. The molecule has 96 valence electrons. The maximum absolute atomic E-state index is 4.53. The smallest absolute Gasteiger partial charge is 0.0685 e. The number of anilines is 1. The van der Waals surface area contributed by atoms with Crippen LogP contribution in [0.1, 0.15) is 17.5 Å². The van der Waals surface area contributed by atoms with E-state index in [9.17, 15) is 0 Å². The first-order valence-corrected chi connectivity index (χ1v) is 7.68. The topological polar surface area (TPSA) is 24.4 Å². The number of nitrogens with zero attached hydrogens (tertiary/aromatic N) is 1. The Bertz CT molecular complexity index is 633. The van der Waals surface area contributed by atoms with Crippen LogP contribution in [0.3, 0.4) is 0 Å². The fraction of sp³-hybridized carbons (Fsp3) is 0.133. The molecular weight excluding hydrogens is 368 g/mol. The highest BCUT2D eigenvalue weighted by Crippen LogP contribution is 2.26. The van der Waals surface area contributed by atoms with Crippen LogP contribution in [0, 0.1) is 0 Å². The Hall–Kier alpha value is -1.13. The zero-order chi connectivity index (χ0) is 13.2. The van der Waals surface area contributed by atoms with Gasteiger partial charge >= 0.3 is 0 Å². The molecule has 2 aromatic carbocycles. The predicted molar refractivity (Wildman–Crippen MR) is 86.8 cm³/mol. The molecule has 1 N–H and O–H groups in total.